The molecule has 0 amide bonds. The van der Waals surface area contributed by atoms with Crippen molar-refractivity contribution in [3.05, 3.63) is 44.5 Å². The van der Waals surface area contributed by atoms with Crippen molar-refractivity contribution < 1.29 is 14.5 Å². The van der Waals surface area contributed by atoms with Crippen molar-refractivity contribution in [2.24, 2.45) is 0 Å². The second-order valence-electron chi connectivity index (χ2n) is 6.32. The Kier molecular flexibility index (Phi) is 5.42. The van der Waals surface area contributed by atoms with Gasteiger partial charge in [0.2, 0.25) is 0 Å². The van der Waals surface area contributed by atoms with E-state index in [0.717, 1.165) is 11.4 Å². The van der Waals surface area contributed by atoms with Gasteiger partial charge in [0.05, 0.1) is 17.6 Å². The van der Waals surface area contributed by atoms with E-state index in [2.05, 4.69) is 9.67 Å². The highest BCUT2D eigenvalue weighted by Gasteiger charge is 2.24. The predicted molar refractivity (Wildman–Crippen MR) is 93.2 cm³/mol. The van der Waals surface area contributed by atoms with Gasteiger partial charge in [0.15, 0.2) is 5.78 Å². The number of aryl methyl sites for hydroxylation is 2. The van der Waals surface area contributed by atoms with Crippen molar-refractivity contribution in [3.63, 3.8) is 0 Å². The Balaban J connectivity index is 2.33. The number of nitro groups is 1. The average Bonchev–Trinajstić information content (AvgIpc) is 2.95. The minimum absolute atomic E-state index is 0.0243. The Morgan fingerprint density at radius 2 is 1.96 bits per heavy atom. The maximum absolute atomic E-state index is 12.7. The lowest BCUT2D eigenvalue weighted by Crippen LogP contribution is -2.16. The molecule has 1 atom stereocenters. The van der Waals surface area contributed by atoms with E-state index < -0.39 is 4.92 Å². The van der Waals surface area contributed by atoms with Gasteiger partial charge in [-0.15, -0.1) is 0 Å². The largest absolute Gasteiger partial charge is 0.383 e. The number of nitrogens with zero attached hydrogens (tertiary/aromatic N) is 4. The lowest BCUT2D eigenvalue weighted by Gasteiger charge is -2.17. The summed E-state index contributed by atoms with van der Waals surface area (Å²) in [4.78, 5) is 23.4. The number of Topliss-reactive ketones (excluding diaryl/α,β-unsaturated/α-hetero) is 1. The first-order valence-corrected chi connectivity index (χ1v) is 8.08. The third kappa shape index (κ3) is 3.48. The van der Waals surface area contributed by atoms with Crippen LogP contribution in [0.1, 0.15) is 46.1 Å². The van der Waals surface area contributed by atoms with Crippen molar-refractivity contribution in [2.75, 3.05) is 13.7 Å². The predicted octanol–water partition coefficient (Wildman–Crippen LogP) is 2.92. The summed E-state index contributed by atoms with van der Waals surface area (Å²) < 4.78 is 8.68. The fraction of sp³-hybridized carbons (Fsp3) is 0.529. The Hall–Kier alpha value is -2.48. The van der Waals surface area contributed by atoms with Crippen LogP contribution in [0.5, 0.6) is 0 Å². The van der Waals surface area contributed by atoms with Crippen molar-refractivity contribution in [3.8, 4) is 0 Å². The molecule has 25 heavy (non-hydrogen) atoms. The van der Waals surface area contributed by atoms with Gasteiger partial charge in [0.1, 0.15) is 17.9 Å². The molecule has 8 nitrogen and oxygen atoms in total. The van der Waals surface area contributed by atoms with E-state index in [-0.39, 0.29) is 24.1 Å². The topological polar surface area (TPSA) is 92.2 Å². The van der Waals surface area contributed by atoms with Gasteiger partial charge >= 0.3 is 5.69 Å². The van der Waals surface area contributed by atoms with Crippen molar-refractivity contribution in [2.45, 2.75) is 47.2 Å². The van der Waals surface area contributed by atoms with Gasteiger partial charge in [0.25, 0.3) is 0 Å². The van der Waals surface area contributed by atoms with E-state index in [4.69, 9.17) is 4.74 Å². The monoisotopic (exact) mass is 348 g/mol. The summed E-state index contributed by atoms with van der Waals surface area (Å²) in [6, 6.07) is 1.96. The quantitative estimate of drug-likeness (QED) is 0.436. The number of hydrogen-bond acceptors (Lipinski definition) is 5. The number of ether oxygens (including phenoxy) is 1. The van der Waals surface area contributed by atoms with E-state index in [1.807, 2.05) is 26.8 Å². The third-order valence-corrected chi connectivity index (χ3v) is 4.45. The summed E-state index contributed by atoms with van der Waals surface area (Å²) in [5, 5.41) is 15.3. The van der Waals surface area contributed by atoms with E-state index in [0.29, 0.717) is 23.6 Å². The van der Waals surface area contributed by atoms with Crippen LogP contribution in [0.3, 0.4) is 0 Å². The van der Waals surface area contributed by atoms with Crippen LogP contribution < -0.4 is 0 Å². The highest BCUT2D eigenvalue weighted by Crippen LogP contribution is 2.24. The molecule has 0 saturated carbocycles. The lowest BCUT2D eigenvalue weighted by molar-refractivity contribution is -0.386. The molecule has 8 heteroatoms. The lowest BCUT2D eigenvalue weighted by atomic mass is 10.1. The highest BCUT2D eigenvalue weighted by atomic mass is 16.6. The highest BCUT2D eigenvalue weighted by molar-refractivity contribution is 5.97. The molecule has 2 aromatic rings. The molecule has 0 aromatic carbocycles. The van der Waals surface area contributed by atoms with Crippen LogP contribution in [0.25, 0.3) is 0 Å². The van der Waals surface area contributed by atoms with Crippen LogP contribution >= 0.6 is 0 Å². The molecule has 0 spiro atoms. The van der Waals surface area contributed by atoms with E-state index >= 15 is 0 Å². The fourth-order valence-corrected chi connectivity index (χ4v) is 3.38. The van der Waals surface area contributed by atoms with Gasteiger partial charge in [0, 0.05) is 24.1 Å². The maximum atomic E-state index is 12.7. The van der Waals surface area contributed by atoms with Gasteiger partial charge in [-0.3, -0.25) is 19.6 Å². The van der Waals surface area contributed by atoms with E-state index in [1.54, 1.807) is 21.0 Å². The van der Waals surface area contributed by atoms with Crippen molar-refractivity contribution in [1.82, 2.24) is 14.3 Å². The van der Waals surface area contributed by atoms with E-state index in [9.17, 15) is 14.9 Å². The van der Waals surface area contributed by atoms with Gasteiger partial charge < -0.3 is 9.30 Å². The number of rotatable bonds is 7. The summed E-state index contributed by atoms with van der Waals surface area (Å²) in [6.45, 7) is 9.58. The summed E-state index contributed by atoms with van der Waals surface area (Å²) in [5.74, 6) is -0.121. The van der Waals surface area contributed by atoms with Crippen molar-refractivity contribution >= 4 is 11.5 Å². The number of aromatic nitrogens is 3. The summed E-state index contributed by atoms with van der Waals surface area (Å²) in [7, 11) is 1.65. The molecule has 0 bridgehead atoms. The maximum Gasteiger partial charge on any atom is 0.312 e. The summed E-state index contributed by atoms with van der Waals surface area (Å²) in [6.07, 6.45) is 0. The Morgan fingerprint density at radius 3 is 2.48 bits per heavy atom. The van der Waals surface area contributed by atoms with Crippen LogP contribution in [-0.4, -0.2) is 38.8 Å². The molecule has 0 fully saturated rings. The minimum atomic E-state index is -0.461. The molecular formula is C17H24N4O4. The number of hydrogen-bond donors (Lipinski definition) is 0. The summed E-state index contributed by atoms with van der Waals surface area (Å²) in [5.41, 5.74) is 3.11. The molecular weight excluding hydrogens is 324 g/mol. The first kappa shape index (κ1) is 18.9. The third-order valence-electron chi connectivity index (χ3n) is 4.45. The number of ketones is 1. The smallest absolute Gasteiger partial charge is 0.312 e. The zero-order valence-corrected chi connectivity index (χ0v) is 15.5. The van der Waals surface area contributed by atoms with Crippen LogP contribution in [0.2, 0.25) is 0 Å². The second kappa shape index (κ2) is 7.18. The van der Waals surface area contributed by atoms with Gasteiger partial charge in [-0.05, 0) is 40.7 Å². The fourth-order valence-electron chi connectivity index (χ4n) is 3.38. The molecule has 0 radical (unpaired) electrons. The van der Waals surface area contributed by atoms with Crippen LogP contribution in [0, 0.1) is 37.8 Å². The molecule has 0 saturated heterocycles. The average molecular weight is 348 g/mol. The first-order valence-electron chi connectivity index (χ1n) is 8.08. The van der Waals surface area contributed by atoms with E-state index in [1.165, 1.54) is 4.68 Å². The zero-order chi connectivity index (χ0) is 18.9. The second-order valence-corrected chi connectivity index (χ2v) is 6.32. The van der Waals surface area contributed by atoms with Gasteiger partial charge in [-0.1, -0.05) is 0 Å². The number of methoxy groups -OCH3 is 1. The van der Waals surface area contributed by atoms with Crippen LogP contribution in [0.4, 0.5) is 5.69 Å². The van der Waals surface area contributed by atoms with Crippen molar-refractivity contribution in [1.29, 1.82) is 0 Å². The normalized spacial score (nSPS) is 12.4. The molecule has 2 heterocycles. The zero-order valence-electron chi connectivity index (χ0n) is 15.5. The molecule has 0 aliphatic rings. The van der Waals surface area contributed by atoms with Crippen LogP contribution in [0.15, 0.2) is 6.07 Å². The standard InChI is InChI=1S/C17H24N4O4/c1-10-7-15(13(4)20(10)11(2)9-25-6)16(22)8-19-14(5)17(21(23)24)12(3)18-19/h7,11H,8-9H2,1-6H3/t11-/m1/s1. The summed E-state index contributed by atoms with van der Waals surface area (Å²) >= 11 is 0. The molecule has 0 N–H and O–H groups in total. The van der Waals surface area contributed by atoms with Crippen LogP contribution in [-0.2, 0) is 11.3 Å². The van der Waals surface area contributed by atoms with Gasteiger partial charge in [-0.2, -0.15) is 5.10 Å². The first-order chi connectivity index (χ1) is 11.7. The Bertz CT molecular complexity index is 819. The van der Waals surface area contributed by atoms with Gasteiger partial charge in [-0.25, -0.2) is 0 Å². The molecule has 0 aliphatic carbocycles. The molecule has 0 aliphatic heterocycles. The molecule has 136 valence electrons. The SMILES string of the molecule is COC[C@@H](C)n1c(C)cc(C(=O)Cn2nc(C)c([N+](=O)[O-])c2C)c1C. The molecule has 2 aromatic heterocycles. The minimum Gasteiger partial charge on any atom is -0.383 e. The number of carbonyl (C=O) groups is 1. The Labute approximate surface area is 146 Å². The molecule has 0 unspecified atom stereocenters. The molecule has 2 rings (SSSR count). The number of carbonyl (C=O) groups excluding carboxylic acids is 1. The Morgan fingerprint density at radius 1 is 1.32 bits per heavy atom.